The number of carboxylic acid groups (broad SMARTS) is 1. The van der Waals surface area contributed by atoms with Gasteiger partial charge in [-0.05, 0) is 12.1 Å². The Morgan fingerprint density at radius 2 is 2.19 bits per heavy atom. The Bertz CT molecular complexity index is 560. The standard InChI is InChI=1S/C11H11NO2S2/c1-5(2)10-12-9-7(15)3-6(11(13)14)4-8(9)16-10/h3-5,15H,1-2H3,(H,13,14). The third kappa shape index (κ3) is 1.92. The van der Waals surface area contributed by atoms with E-state index < -0.39 is 5.97 Å². The van der Waals surface area contributed by atoms with E-state index in [1.54, 1.807) is 6.07 Å². The minimum Gasteiger partial charge on any atom is -0.478 e. The van der Waals surface area contributed by atoms with Gasteiger partial charge in [0.2, 0.25) is 0 Å². The maximum absolute atomic E-state index is 10.9. The minimum atomic E-state index is -0.934. The SMILES string of the molecule is CC(C)c1nc2c(S)cc(C(=O)O)cc2s1. The molecule has 2 rings (SSSR count). The van der Waals surface area contributed by atoms with E-state index in [2.05, 4.69) is 31.5 Å². The van der Waals surface area contributed by atoms with Crippen molar-refractivity contribution >= 4 is 40.2 Å². The fraction of sp³-hybridized carbons (Fsp3) is 0.273. The number of benzene rings is 1. The maximum Gasteiger partial charge on any atom is 0.335 e. The first-order chi connectivity index (χ1) is 7.49. The smallest absolute Gasteiger partial charge is 0.335 e. The van der Waals surface area contributed by atoms with Crippen LogP contribution in [-0.2, 0) is 0 Å². The topological polar surface area (TPSA) is 50.2 Å². The van der Waals surface area contributed by atoms with Crippen LogP contribution in [0.4, 0.5) is 0 Å². The molecule has 2 aromatic rings. The van der Waals surface area contributed by atoms with Crippen molar-refractivity contribution < 1.29 is 9.90 Å². The average Bonchev–Trinajstić information content (AvgIpc) is 2.61. The number of thiazole rings is 1. The molecular formula is C11H11NO2S2. The summed E-state index contributed by atoms with van der Waals surface area (Å²) in [6, 6.07) is 3.19. The molecule has 0 aliphatic rings. The normalized spacial score (nSPS) is 11.2. The van der Waals surface area contributed by atoms with Gasteiger partial charge >= 0.3 is 5.97 Å². The lowest BCUT2D eigenvalue weighted by atomic mass is 10.2. The molecule has 1 N–H and O–H groups in total. The third-order valence-corrected chi connectivity index (χ3v) is 3.88. The highest BCUT2D eigenvalue weighted by molar-refractivity contribution is 7.80. The van der Waals surface area contributed by atoms with Gasteiger partial charge in [-0.1, -0.05) is 13.8 Å². The summed E-state index contributed by atoms with van der Waals surface area (Å²) in [5.74, 6) is -0.588. The molecule has 5 heteroatoms. The molecule has 3 nitrogen and oxygen atoms in total. The Labute approximate surface area is 103 Å². The lowest BCUT2D eigenvalue weighted by Crippen LogP contribution is -1.95. The molecule has 0 aliphatic heterocycles. The molecule has 1 aromatic carbocycles. The highest BCUT2D eigenvalue weighted by Crippen LogP contribution is 2.31. The predicted molar refractivity (Wildman–Crippen MR) is 67.9 cm³/mol. The predicted octanol–water partition coefficient (Wildman–Crippen LogP) is 3.41. The molecule has 0 fully saturated rings. The van der Waals surface area contributed by atoms with Crippen molar-refractivity contribution in [2.24, 2.45) is 0 Å². The number of aromatic carboxylic acids is 1. The van der Waals surface area contributed by atoms with Crippen LogP contribution in [0, 0.1) is 0 Å². The number of hydrogen-bond acceptors (Lipinski definition) is 4. The molecule has 1 heterocycles. The van der Waals surface area contributed by atoms with Gasteiger partial charge in [-0.3, -0.25) is 0 Å². The summed E-state index contributed by atoms with van der Waals surface area (Å²) in [7, 11) is 0. The van der Waals surface area contributed by atoms with Crippen LogP contribution in [0.5, 0.6) is 0 Å². The Hall–Kier alpha value is -1.07. The van der Waals surface area contributed by atoms with Gasteiger partial charge in [0.1, 0.15) is 0 Å². The van der Waals surface area contributed by atoms with Gasteiger partial charge in [-0.2, -0.15) is 0 Å². The monoisotopic (exact) mass is 253 g/mol. The van der Waals surface area contributed by atoms with Gasteiger partial charge in [0.25, 0.3) is 0 Å². The molecule has 16 heavy (non-hydrogen) atoms. The van der Waals surface area contributed by atoms with Crippen LogP contribution >= 0.6 is 24.0 Å². The van der Waals surface area contributed by atoms with E-state index in [-0.39, 0.29) is 5.56 Å². The summed E-state index contributed by atoms with van der Waals surface area (Å²) in [4.78, 5) is 16.0. The first-order valence-electron chi connectivity index (χ1n) is 4.85. The summed E-state index contributed by atoms with van der Waals surface area (Å²) in [6.07, 6.45) is 0. The summed E-state index contributed by atoms with van der Waals surface area (Å²) < 4.78 is 0.883. The quantitative estimate of drug-likeness (QED) is 0.806. The number of carboxylic acids is 1. The molecule has 0 bridgehead atoms. The number of aromatic nitrogens is 1. The van der Waals surface area contributed by atoms with Crippen molar-refractivity contribution in [2.75, 3.05) is 0 Å². The van der Waals surface area contributed by atoms with E-state index in [0.717, 1.165) is 15.2 Å². The van der Waals surface area contributed by atoms with Crippen molar-refractivity contribution in [3.63, 3.8) is 0 Å². The molecular weight excluding hydrogens is 242 g/mol. The summed E-state index contributed by atoms with van der Waals surface area (Å²) in [5, 5.41) is 9.94. The van der Waals surface area contributed by atoms with Crippen LogP contribution in [0.15, 0.2) is 17.0 Å². The van der Waals surface area contributed by atoms with Crippen LogP contribution in [0.25, 0.3) is 10.2 Å². The second kappa shape index (κ2) is 4.07. The highest BCUT2D eigenvalue weighted by Gasteiger charge is 2.13. The molecule has 0 amide bonds. The van der Waals surface area contributed by atoms with Gasteiger partial charge in [0, 0.05) is 10.8 Å². The van der Waals surface area contributed by atoms with Crippen molar-refractivity contribution in [3.05, 3.63) is 22.7 Å². The second-order valence-electron chi connectivity index (χ2n) is 3.85. The van der Waals surface area contributed by atoms with E-state index in [4.69, 9.17) is 5.11 Å². The van der Waals surface area contributed by atoms with E-state index >= 15 is 0 Å². The van der Waals surface area contributed by atoms with E-state index in [0.29, 0.717) is 10.8 Å². The Morgan fingerprint density at radius 3 is 2.75 bits per heavy atom. The maximum atomic E-state index is 10.9. The molecule has 0 atom stereocenters. The van der Waals surface area contributed by atoms with Gasteiger partial charge in [0.05, 0.1) is 20.8 Å². The van der Waals surface area contributed by atoms with Crippen molar-refractivity contribution in [1.29, 1.82) is 0 Å². The number of thiol groups is 1. The number of hydrogen-bond donors (Lipinski definition) is 2. The number of nitrogens with zero attached hydrogens (tertiary/aromatic N) is 1. The van der Waals surface area contributed by atoms with Gasteiger partial charge < -0.3 is 5.11 Å². The van der Waals surface area contributed by atoms with Crippen LogP contribution in [0.1, 0.15) is 35.1 Å². The summed E-state index contributed by atoms with van der Waals surface area (Å²) >= 11 is 5.81. The van der Waals surface area contributed by atoms with Gasteiger partial charge in [-0.25, -0.2) is 9.78 Å². The molecule has 84 valence electrons. The molecule has 0 saturated carbocycles. The average molecular weight is 253 g/mol. The van der Waals surface area contributed by atoms with Gasteiger partial charge in [-0.15, -0.1) is 24.0 Å². The van der Waals surface area contributed by atoms with Crippen LogP contribution in [0.2, 0.25) is 0 Å². The van der Waals surface area contributed by atoms with Gasteiger partial charge in [0.15, 0.2) is 0 Å². The Kier molecular flexibility index (Phi) is 2.90. The Morgan fingerprint density at radius 1 is 1.50 bits per heavy atom. The molecule has 0 radical (unpaired) electrons. The zero-order chi connectivity index (χ0) is 11.9. The van der Waals surface area contributed by atoms with Crippen molar-refractivity contribution in [3.8, 4) is 0 Å². The number of fused-ring (bicyclic) bond motifs is 1. The highest BCUT2D eigenvalue weighted by atomic mass is 32.1. The van der Waals surface area contributed by atoms with Crippen LogP contribution in [-0.4, -0.2) is 16.1 Å². The molecule has 0 saturated heterocycles. The number of rotatable bonds is 2. The van der Waals surface area contributed by atoms with E-state index in [1.807, 2.05) is 0 Å². The minimum absolute atomic E-state index is 0.261. The van der Waals surface area contributed by atoms with Crippen LogP contribution in [0.3, 0.4) is 0 Å². The van der Waals surface area contributed by atoms with Crippen molar-refractivity contribution in [2.45, 2.75) is 24.7 Å². The largest absolute Gasteiger partial charge is 0.478 e. The lowest BCUT2D eigenvalue weighted by molar-refractivity contribution is 0.0697. The first kappa shape index (κ1) is 11.4. The number of carbonyl (C=O) groups is 1. The van der Waals surface area contributed by atoms with E-state index in [9.17, 15) is 4.79 Å². The first-order valence-corrected chi connectivity index (χ1v) is 6.12. The van der Waals surface area contributed by atoms with Crippen LogP contribution < -0.4 is 0 Å². The summed E-state index contributed by atoms with van der Waals surface area (Å²) in [5.41, 5.74) is 1.05. The summed E-state index contributed by atoms with van der Waals surface area (Å²) in [6.45, 7) is 4.13. The molecule has 0 aliphatic carbocycles. The third-order valence-electron chi connectivity index (χ3n) is 2.23. The molecule has 0 unspecified atom stereocenters. The fourth-order valence-corrected chi connectivity index (χ4v) is 2.82. The second-order valence-corrected chi connectivity index (χ2v) is 5.40. The molecule has 0 spiro atoms. The van der Waals surface area contributed by atoms with E-state index in [1.165, 1.54) is 17.4 Å². The molecule has 1 aromatic heterocycles. The zero-order valence-corrected chi connectivity index (χ0v) is 10.6. The Balaban J connectivity index is 2.68. The lowest BCUT2D eigenvalue weighted by Gasteiger charge is -1.97. The fourth-order valence-electron chi connectivity index (χ4n) is 1.40. The zero-order valence-electron chi connectivity index (χ0n) is 8.89. The van der Waals surface area contributed by atoms with Crippen molar-refractivity contribution in [1.82, 2.24) is 4.98 Å².